The lowest BCUT2D eigenvalue weighted by Crippen LogP contribution is -2.29. The molecule has 0 fully saturated rings. The van der Waals surface area contributed by atoms with Crippen LogP contribution in [0.2, 0.25) is 10.0 Å². The van der Waals surface area contributed by atoms with Gasteiger partial charge in [0.05, 0.1) is 17.2 Å². The van der Waals surface area contributed by atoms with Crippen LogP contribution in [0.1, 0.15) is 36.5 Å². The molecule has 21 heavy (non-hydrogen) atoms. The minimum atomic E-state index is -0.236. The van der Waals surface area contributed by atoms with Crippen LogP contribution in [0.25, 0.3) is 0 Å². The lowest BCUT2D eigenvalue weighted by atomic mass is 10.00. The third-order valence-corrected chi connectivity index (χ3v) is 3.81. The Morgan fingerprint density at radius 3 is 2.43 bits per heavy atom. The van der Waals surface area contributed by atoms with Crippen molar-refractivity contribution in [1.82, 2.24) is 5.32 Å². The van der Waals surface area contributed by atoms with Crippen molar-refractivity contribution in [3.8, 4) is 5.75 Å². The SMILES string of the molecule is CCCC(CCO)CNC(=O)c1cc(Cl)c(OC)c(Cl)c1. The molecular formula is C15H21Cl2NO3. The molecule has 1 aromatic carbocycles. The number of hydrogen-bond acceptors (Lipinski definition) is 3. The number of aliphatic hydroxyl groups excluding tert-OH is 1. The van der Waals surface area contributed by atoms with Crippen LogP contribution in [-0.4, -0.2) is 31.3 Å². The number of aliphatic hydroxyl groups is 1. The van der Waals surface area contributed by atoms with Crippen LogP contribution in [0.3, 0.4) is 0 Å². The number of benzene rings is 1. The highest BCUT2D eigenvalue weighted by molar-refractivity contribution is 6.37. The Hall–Kier alpha value is -0.970. The van der Waals surface area contributed by atoms with Gasteiger partial charge in [-0.05, 0) is 30.9 Å². The second kappa shape index (κ2) is 9.13. The van der Waals surface area contributed by atoms with Crippen LogP contribution in [0.5, 0.6) is 5.75 Å². The number of ether oxygens (including phenoxy) is 1. The van der Waals surface area contributed by atoms with Gasteiger partial charge in [-0.3, -0.25) is 4.79 Å². The molecule has 0 aliphatic carbocycles. The van der Waals surface area contributed by atoms with Gasteiger partial charge >= 0.3 is 0 Å². The average molecular weight is 334 g/mol. The van der Waals surface area contributed by atoms with Gasteiger partial charge in [-0.15, -0.1) is 0 Å². The number of carbonyl (C=O) groups excluding carboxylic acids is 1. The summed E-state index contributed by atoms with van der Waals surface area (Å²) in [6.45, 7) is 2.73. The molecule has 0 aromatic heterocycles. The zero-order valence-corrected chi connectivity index (χ0v) is 13.8. The molecule has 2 N–H and O–H groups in total. The fraction of sp³-hybridized carbons (Fsp3) is 0.533. The molecule has 0 aliphatic rings. The van der Waals surface area contributed by atoms with Crippen LogP contribution in [0.15, 0.2) is 12.1 Å². The van der Waals surface area contributed by atoms with Gasteiger partial charge in [0, 0.05) is 18.7 Å². The normalized spacial score (nSPS) is 12.0. The summed E-state index contributed by atoms with van der Waals surface area (Å²) in [6.07, 6.45) is 2.66. The topological polar surface area (TPSA) is 58.6 Å². The van der Waals surface area contributed by atoms with Crippen LogP contribution < -0.4 is 10.1 Å². The molecule has 0 aliphatic heterocycles. The molecule has 0 saturated heterocycles. The summed E-state index contributed by atoms with van der Waals surface area (Å²) < 4.78 is 5.05. The molecule has 1 aromatic rings. The zero-order valence-electron chi connectivity index (χ0n) is 12.3. The molecule has 1 atom stereocenters. The van der Waals surface area contributed by atoms with Crippen LogP contribution in [0.4, 0.5) is 0 Å². The van der Waals surface area contributed by atoms with E-state index in [1.54, 1.807) is 0 Å². The van der Waals surface area contributed by atoms with E-state index in [0.717, 1.165) is 12.8 Å². The first-order valence-corrected chi connectivity index (χ1v) is 7.71. The van der Waals surface area contributed by atoms with Crippen molar-refractivity contribution < 1.29 is 14.6 Å². The van der Waals surface area contributed by atoms with Gasteiger partial charge in [-0.1, -0.05) is 36.5 Å². The molecule has 1 unspecified atom stereocenters. The molecule has 0 spiro atoms. The van der Waals surface area contributed by atoms with E-state index in [0.29, 0.717) is 34.3 Å². The van der Waals surface area contributed by atoms with Crippen molar-refractivity contribution >= 4 is 29.1 Å². The molecular weight excluding hydrogens is 313 g/mol. The van der Waals surface area contributed by atoms with E-state index < -0.39 is 0 Å². The number of nitrogens with one attached hydrogen (secondary N) is 1. The Balaban J connectivity index is 2.71. The summed E-state index contributed by atoms with van der Waals surface area (Å²) >= 11 is 12.0. The Morgan fingerprint density at radius 1 is 1.33 bits per heavy atom. The molecule has 0 bridgehead atoms. The number of rotatable bonds is 8. The summed E-state index contributed by atoms with van der Waals surface area (Å²) in [6, 6.07) is 3.06. The molecule has 6 heteroatoms. The van der Waals surface area contributed by atoms with Gasteiger partial charge in [-0.2, -0.15) is 0 Å². The maximum Gasteiger partial charge on any atom is 0.251 e. The zero-order chi connectivity index (χ0) is 15.8. The van der Waals surface area contributed by atoms with E-state index in [1.165, 1.54) is 19.2 Å². The molecule has 4 nitrogen and oxygen atoms in total. The number of hydrogen-bond donors (Lipinski definition) is 2. The van der Waals surface area contributed by atoms with Crippen molar-refractivity contribution in [3.05, 3.63) is 27.7 Å². The van der Waals surface area contributed by atoms with Crippen LogP contribution in [-0.2, 0) is 0 Å². The highest BCUT2D eigenvalue weighted by atomic mass is 35.5. The van der Waals surface area contributed by atoms with Gasteiger partial charge in [0.15, 0.2) is 5.75 Å². The molecule has 1 amide bonds. The van der Waals surface area contributed by atoms with Crippen molar-refractivity contribution in [2.75, 3.05) is 20.3 Å². The maximum absolute atomic E-state index is 12.1. The Kier molecular flexibility index (Phi) is 7.86. The maximum atomic E-state index is 12.1. The first-order chi connectivity index (χ1) is 10.0. The minimum absolute atomic E-state index is 0.126. The van der Waals surface area contributed by atoms with Gasteiger partial charge in [0.1, 0.15) is 0 Å². The summed E-state index contributed by atoms with van der Waals surface area (Å²) in [5.41, 5.74) is 0.394. The summed E-state index contributed by atoms with van der Waals surface area (Å²) in [5.74, 6) is 0.396. The molecule has 0 saturated carbocycles. The quantitative estimate of drug-likeness (QED) is 0.765. The summed E-state index contributed by atoms with van der Waals surface area (Å²) in [5, 5.41) is 12.5. The highest BCUT2D eigenvalue weighted by Gasteiger charge is 2.15. The lowest BCUT2D eigenvalue weighted by molar-refractivity contribution is 0.0943. The highest BCUT2D eigenvalue weighted by Crippen LogP contribution is 2.33. The molecule has 0 heterocycles. The number of amides is 1. The first kappa shape index (κ1) is 18.1. The van der Waals surface area contributed by atoms with Crippen LogP contribution >= 0.6 is 23.2 Å². The van der Waals surface area contributed by atoms with Crippen LogP contribution in [0, 0.1) is 5.92 Å². The van der Waals surface area contributed by atoms with E-state index in [2.05, 4.69) is 12.2 Å². The van der Waals surface area contributed by atoms with E-state index in [9.17, 15) is 4.79 Å². The molecule has 118 valence electrons. The predicted molar refractivity (Wildman–Crippen MR) is 85.4 cm³/mol. The standard InChI is InChI=1S/C15H21Cl2NO3/c1-3-4-10(5-6-19)9-18-15(20)11-7-12(16)14(21-2)13(17)8-11/h7-8,10,19H,3-6,9H2,1-2H3,(H,18,20). The largest absolute Gasteiger partial charge is 0.494 e. The second-order valence-corrected chi connectivity index (χ2v) is 5.66. The number of halogens is 2. The lowest BCUT2D eigenvalue weighted by Gasteiger charge is -2.16. The van der Waals surface area contributed by atoms with E-state index >= 15 is 0 Å². The Bertz CT molecular complexity index is 451. The summed E-state index contributed by atoms with van der Waals surface area (Å²) in [7, 11) is 1.47. The average Bonchev–Trinajstić information content (AvgIpc) is 2.44. The van der Waals surface area contributed by atoms with Crippen molar-refractivity contribution in [1.29, 1.82) is 0 Å². The third kappa shape index (κ3) is 5.38. The fourth-order valence-corrected chi connectivity index (χ4v) is 2.81. The first-order valence-electron chi connectivity index (χ1n) is 6.95. The Morgan fingerprint density at radius 2 is 1.95 bits per heavy atom. The second-order valence-electron chi connectivity index (χ2n) is 4.85. The van der Waals surface area contributed by atoms with E-state index in [1.807, 2.05) is 0 Å². The van der Waals surface area contributed by atoms with Crippen molar-refractivity contribution in [2.24, 2.45) is 5.92 Å². The Labute approximate surface area is 135 Å². The van der Waals surface area contributed by atoms with Crippen molar-refractivity contribution in [2.45, 2.75) is 26.2 Å². The monoisotopic (exact) mass is 333 g/mol. The third-order valence-electron chi connectivity index (χ3n) is 3.25. The summed E-state index contributed by atoms with van der Waals surface area (Å²) in [4.78, 5) is 12.1. The van der Waals surface area contributed by atoms with Gasteiger partial charge in [0.2, 0.25) is 0 Å². The molecule has 1 rings (SSSR count). The van der Waals surface area contributed by atoms with Gasteiger partial charge in [0.25, 0.3) is 5.91 Å². The van der Waals surface area contributed by atoms with Gasteiger partial charge in [-0.25, -0.2) is 0 Å². The van der Waals surface area contributed by atoms with Gasteiger partial charge < -0.3 is 15.2 Å². The number of methoxy groups -OCH3 is 1. The molecule has 0 radical (unpaired) electrons. The van der Waals surface area contributed by atoms with E-state index in [4.69, 9.17) is 33.0 Å². The fourth-order valence-electron chi connectivity index (χ4n) is 2.16. The minimum Gasteiger partial charge on any atom is -0.494 e. The van der Waals surface area contributed by atoms with Crippen molar-refractivity contribution in [3.63, 3.8) is 0 Å². The smallest absolute Gasteiger partial charge is 0.251 e. The van der Waals surface area contributed by atoms with E-state index in [-0.39, 0.29) is 18.4 Å². The predicted octanol–water partition coefficient (Wildman–Crippen LogP) is 3.53. The number of carbonyl (C=O) groups is 1.